The zero-order valence-corrected chi connectivity index (χ0v) is 14.7. The molecule has 6 nitrogen and oxygen atoms in total. The van der Waals surface area contributed by atoms with Crippen LogP contribution in [0, 0.1) is 0 Å². The van der Waals surface area contributed by atoms with Crippen LogP contribution in [0.1, 0.15) is 39.1 Å². The van der Waals surface area contributed by atoms with Gasteiger partial charge in [0.1, 0.15) is 6.04 Å². The monoisotopic (exact) mass is 361 g/mol. The van der Waals surface area contributed by atoms with Crippen molar-refractivity contribution in [3.63, 3.8) is 0 Å². The van der Waals surface area contributed by atoms with Gasteiger partial charge in [0.25, 0.3) is 11.8 Å². The maximum atomic E-state index is 12.8. The molecule has 0 spiro atoms. The molecule has 3 amide bonds. The average molecular weight is 361 g/mol. The number of rotatable bonds is 4. The van der Waals surface area contributed by atoms with Gasteiger partial charge in [-0.2, -0.15) is 0 Å². The summed E-state index contributed by atoms with van der Waals surface area (Å²) in [5.74, 6) is -1.20. The van der Waals surface area contributed by atoms with E-state index in [0.29, 0.717) is 36.2 Å². The van der Waals surface area contributed by atoms with Crippen molar-refractivity contribution in [2.24, 2.45) is 0 Å². The first-order valence-electron chi connectivity index (χ1n) is 8.83. The van der Waals surface area contributed by atoms with Gasteiger partial charge < -0.3 is 10.6 Å². The summed E-state index contributed by atoms with van der Waals surface area (Å²) in [4.78, 5) is 38.8. The van der Waals surface area contributed by atoms with Gasteiger partial charge >= 0.3 is 0 Å². The van der Waals surface area contributed by atoms with Crippen molar-refractivity contribution in [1.82, 2.24) is 10.2 Å². The van der Waals surface area contributed by atoms with Crippen LogP contribution in [0.25, 0.3) is 0 Å². The molecule has 2 aromatic rings. The van der Waals surface area contributed by atoms with Gasteiger partial charge in [-0.15, -0.1) is 0 Å². The molecule has 1 fully saturated rings. The number of benzene rings is 2. The zero-order valence-electron chi connectivity index (χ0n) is 14.7. The molecule has 27 heavy (non-hydrogen) atoms. The van der Waals surface area contributed by atoms with Gasteiger partial charge in [-0.05, 0) is 36.6 Å². The predicted octanol–water partition coefficient (Wildman–Crippen LogP) is 2.69. The number of nitrogens with zero attached hydrogens (tertiary/aromatic N) is 1. The Hall–Kier alpha value is -3.41. The number of anilines is 1. The van der Waals surface area contributed by atoms with Crippen LogP contribution in [0.15, 0.2) is 60.8 Å². The van der Waals surface area contributed by atoms with Crippen LogP contribution in [-0.4, -0.2) is 28.7 Å². The quantitative estimate of drug-likeness (QED) is 0.821. The third-order valence-corrected chi connectivity index (χ3v) is 4.89. The number of carbonyl (C=O) groups is 3. The summed E-state index contributed by atoms with van der Waals surface area (Å²) in [6, 6.07) is 14.2. The summed E-state index contributed by atoms with van der Waals surface area (Å²) in [5, 5.41) is 5.89. The van der Waals surface area contributed by atoms with E-state index in [1.54, 1.807) is 18.2 Å². The van der Waals surface area contributed by atoms with E-state index >= 15 is 0 Å². The molecule has 4 rings (SSSR count). The maximum Gasteiger partial charge on any atom is 0.262 e. The van der Waals surface area contributed by atoms with Gasteiger partial charge in [0, 0.05) is 17.9 Å². The van der Waals surface area contributed by atoms with E-state index in [4.69, 9.17) is 0 Å². The molecule has 1 atom stereocenters. The normalized spacial score (nSPS) is 19.1. The van der Waals surface area contributed by atoms with Gasteiger partial charge in [0.15, 0.2) is 0 Å². The van der Waals surface area contributed by atoms with Crippen LogP contribution in [0.5, 0.6) is 0 Å². The highest BCUT2D eigenvalue weighted by atomic mass is 16.2. The van der Waals surface area contributed by atoms with Crippen LogP contribution in [0.4, 0.5) is 5.69 Å². The molecule has 2 aromatic carbocycles. The van der Waals surface area contributed by atoms with Crippen LogP contribution in [0.3, 0.4) is 0 Å². The molecule has 6 heteroatoms. The summed E-state index contributed by atoms with van der Waals surface area (Å²) in [7, 11) is 0. The number of amides is 3. The molecular weight excluding hydrogens is 342 g/mol. The number of carbonyl (C=O) groups excluding carboxylic acids is 3. The highest BCUT2D eigenvalue weighted by Crippen LogP contribution is 2.30. The minimum absolute atomic E-state index is 0.329. The number of imide groups is 1. The van der Waals surface area contributed by atoms with Gasteiger partial charge in [0.05, 0.1) is 11.1 Å². The Morgan fingerprint density at radius 3 is 2.52 bits per heavy atom. The zero-order chi connectivity index (χ0) is 19.0. The Morgan fingerprint density at radius 2 is 1.78 bits per heavy atom. The first-order valence-corrected chi connectivity index (χ1v) is 8.83. The minimum atomic E-state index is -0.788. The van der Waals surface area contributed by atoms with E-state index in [9.17, 15) is 14.4 Å². The predicted molar refractivity (Wildman–Crippen MR) is 101 cm³/mol. The Kier molecular flexibility index (Phi) is 4.24. The number of fused-ring (bicyclic) bond motifs is 1. The highest BCUT2D eigenvalue weighted by molar-refractivity contribution is 6.23. The minimum Gasteiger partial charge on any atom is -0.381 e. The topological polar surface area (TPSA) is 78.5 Å². The van der Waals surface area contributed by atoms with Gasteiger partial charge in [-0.3, -0.25) is 19.3 Å². The van der Waals surface area contributed by atoms with Crippen molar-refractivity contribution in [2.45, 2.75) is 25.4 Å². The third kappa shape index (κ3) is 3.10. The Balaban J connectivity index is 1.54. The Morgan fingerprint density at radius 1 is 1.04 bits per heavy atom. The molecule has 0 aliphatic carbocycles. The smallest absolute Gasteiger partial charge is 0.262 e. The van der Waals surface area contributed by atoms with Crippen LogP contribution in [0.2, 0.25) is 0 Å². The number of nitrogens with one attached hydrogen (secondary N) is 2. The lowest BCUT2D eigenvalue weighted by molar-refractivity contribution is -0.125. The van der Waals surface area contributed by atoms with Crippen molar-refractivity contribution in [1.29, 1.82) is 0 Å². The second-order valence-corrected chi connectivity index (χ2v) is 6.73. The molecule has 1 saturated heterocycles. The van der Waals surface area contributed by atoms with E-state index in [-0.39, 0.29) is 5.91 Å². The third-order valence-electron chi connectivity index (χ3n) is 4.89. The molecule has 136 valence electrons. The van der Waals surface area contributed by atoms with Crippen LogP contribution < -0.4 is 10.6 Å². The molecule has 2 aliphatic rings. The lowest BCUT2D eigenvalue weighted by atomic mass is 10.0. The van der Waals surface area contributed by atoms with Crippen LogP contribution >= 0.6 is 0 Å². The van der Waals surface area contributed by atoms with Crippen molar-refractivity contribution in [3.8, 4) is 0 Å². The summed E-state index contributed by atoms with van der Waals surface area (Å²) in [5.41, 5.74) is 3.14. The first kappa shape index (κ1) is 17.0. The summed E-state index contributed by atoms with van der Waals surface area (Å²) in [6.07, 6.45) is 0.947. The number of piperidine rings is 1. The van der Waals surface area contributed by atoms with Crippen molar-refractivity contribution >= 4 is 23.4 Å². The Bertz CT molecular complexity index is 952. The second-order valence-electron chi connectivity index (χ2n) is 6.73. The average Bonchev–Trinajstić information content (AvgIpc) is 2.92. The lowest BCUT2D eigenvalue weighted by Gasteiger charge is -2.29. The van der Waals surface area contributed by atoms with E-state index < -0.39 is 17.9 Å². The van der Waals surface area contributed by atoms with Crippen molar-refractivity contribution < 1.29 is 14.4 Å². The second kappa shape index (κ2) is 6.72. The fraction of sp³-hybridized carbons (Fsp3) is 0.190. The first-order chi connectivity index (χ1) is 13.0. The van der Waals surface area contributed by atoms with Gasteiger partial charge in [-0.25, -0.2) is 0 Å². The fourth-order valence-corrected chi connectivity index (χ4v) is 3.46. The van der Waals surface area contributed by atoms with E-state index in [1.807, 2.05) is 30.3 Å². The maximum absolute atomic E-state index is 12.8. The lowest BCUT2D eigenvalue weighted by Crippen LogP contribution is -2.51. The van der Waals surface area contributed by atoms with E-state index in [0.717, 1.165) is 16.2 Å². The summed E-state index contributed by atoms with van der Waals surface area (Å²) < 4.78 is 0. The Labute approximate surface area is 156 Å². The molecule has 2 heterocycles. The van der Waals surface area contributed by atoms with E-state index in [1.165, 1.54) is 0 Å². The fourth-order valence-electron chi connectivity index (χ4n) is 3.46. The molecule has 0 bridgehead atoms. The number of hydrogen-bond donors (Lipinski definition) is 2. The number of hydrogen-bond acceptors (Lipinski definition) is 4. The standard InChI is InChI=1S/C21H19N3O3/c1-13-7-10-18(19(25)23-13)24-20(26)16-9-8-15(11-17(16)21(24)27)22-12-14-5-3-2-4-6-14/h2-6,8-9,11,18,22H,1,7,10,12H2,(H,23,25). The molecule has 1 unspecified atom stereocenters. The highest BCUT2D eigenvalue weighted by Gasteiger charge is 2.43. The van der Waals surface area contributed by atoms with E-state index in [2.05, 4.69) is 17.2 Å². The molecule has 2 aliphatic heterocycles. The SMILES string of the molecule is C=C1CCC(N2C(=O)c3ccc(NCc4ccccc4)cc3C2=O)C(=O)N1. The largest absolute Gasteiger partial charge is 0.381 e. The number of allylic oxidation sites excluding steroid dienone is 1. The van der Waals surface area contributed by atoms with Crippen molar-refractivity contribution in [3.05, 3.63) is 77.5 Å². The van der Waals surface area contributed by atoms with Crippen LogP contribution in [-0.2, 0) is 11.3 Å². The molecule has 0 saturated carbocycles. The summed E-state index contributed by atoms with van der Waals surface area (Å²) >= 11 is 0. The van der Waals surface area contributed by atoms with Gasteiger partial charge in [0.2, 0.25) is 5.91 Å². The molecule has 0 radical (unpaired) electrons. The molecule has 2 N–H and O–H groups in total. The summed E-state index contributed by atoms with van der Waals surface area (Å²) in [6.45, 7) is 4.34. The van der Waals surface area contributed by atoms with Crippen molar-refractivity contribution in [2.75, 3.05) is 5.32 Å². The van der Waals surface area contributed by atoms with Gasteiger partial charge in [-0.1, -0.05) is 36.9 Å². The molecular formula is C21H19N3O3. The molecule has 0 aromatic heterocycles.